The van der Waals surface area contributed by atoms with Crippen molar-refractivity contribution in [1.82, 2.24) is 20.1 Å². The highest BCUT2D eigenvalue weighted by atomic mass is 32.2. The third kappa shape index (κ3) is 6.51. The van der Waals surface area contributed by atoms with Crippen LogP contribution in [-0.4, -0.2) is 61.0 Å². The molecule has 0 bridgehead atoms. The minimum Gasteiger partial charge on any atom is -0.313 e. The molecule has 1 aromatic carbocycles. The second kappa shape index (κ2) is 12.6. The summed E-state index contributed by atoms with van der Waals surface area (Å²) >= 11 is 1.36. The number of rotatable bonds is 8. The number of anilines is 1. The molecule has 4 rings (SSSR count). The largest absolute Gasteiger partial charge is 0.313 e. The average Bonchev–Trinajstić information content (AvgIpc) is 3.28. The van der Waals surface area contributed by atoms with Gasteiger partial charge in [0.1, 0.15) is 5.00 Å². The first-order valence-corrected chi connectivity index (χ1v) is 15.8. The third-order valence-corrected chi connectivity index (χ3v) is 10.3. The van der Waals surface area contributed by atoms with Gasteiger partial charge < -0.3 is 5.32 Å². The first kappa shape index (κ1) is 29.2. The smallest absolute Gasteiger partial charge is 0.272 e. The van der Waals surface area contributed by atoms with Crippen LogP contribution in [0.1, 0.15) is 84.0 Å². The van der Waals surface area contributed by atoms with E-state index in [9.17, 15) is 22.8 Å². The number of nitrogens with zero attached hydrogens (tertiary/aromatic N) is 2. The maximum Gasteiger partial charge on any atom is 0.272 e. The summed E-state index contributed by atoms with van der Waals surface area (Å²) in [6.07, 6.45) is 5.16. The molecule has 12 heteroatoms. The standard InChI is InChI=1S/C27H37N5O5S2/c1-4-14-31-16-13-22-23(17-31)38-27(24(22)26(35)30-29-18(3)33)28-25(34)19-9-11-21(12-10-19)39(36,37)32-15-7-6-8-20(32)5-2/h9-12,20H,4-8,13-17H2,1-3H3,(H,28,34)(H,29,33)(H,30,35). The van der Waals surface area contributed by atoms with Gasteiger partial charge in [-0.05, 0) is 68.5 Å². The lowest BCUT2D eigenvalue weighted by Gasteiger charge is -2.34. The van der Waals surface area contributed by atoms with Crippen LogP contribution in [0.2, 0.25) is 0 Å². The molecule has 1 fully saturated rings. The Balaban J connectivity index is 1.56. The minimum absolute atomic E-state index is 0.00750. The normalized spacial score (nSPS) is 18.3. The molecule has 2 aromatic rings. The Morgan fingerprint density at radius 3 is 2.44 bits per heavy atom. The molecule has 10 nitrogen and oxygen atoms in total. The second-order valence-corrected chi connectivity index (χ2v) is 13.0. The van der Waals surface area contributed by atoms with Gasteiger partial charge in [-0.2, -0.15) is 4.31 Å². The Bertz CT molecular complexity index is 1320. The fraction of sp³-hybridized carbons (Fsp3) is 0.519. The van der Waals surface area contributed by atoms with Crippen molar-refractivity contribution in [3.8, 4) is 0 Å². The molecule has 0 saturated carbocycles. The molecule has 0 aliphatic carbocycles. The Labute approximate surface area is 234 Å². The van der Waals surface area contributed by atoms with E-state index in [-0.39, 0.29) is 16.5 Å². The molecule has 0 radical (unpaired) electrons. The van der Waals surface area contributed by atoms with Gasteiger partial charge in [-0.1, -0.05) is 20.3 Å². The van der Waals surface area contributed by atoms with Crippen molar-refractivity contribution in [2.45, 2.75) is 76.8 Å². The van der Waals surface area contributed by atoms with Gasteiger partial charge in [-0.25, -0.2) is 8.42 Å². The number of hydrazine groups is 1. The number of hydrogen-bond donors (Lipinski definition) is 3. The first-order valence-electron chi connectivity index (χ1n) is 13.5. The zero-order chi connectivity index (χ0) is 28.2. The van der Waals surface area contributed by atoms with Crippen LogP contribution in [0.3, 0.4) is 0 Å². The van der Waals surface area contributed by atoms with Crippen LogP contribution in [0.25, 0.3) is 0 Å². The van der Waals surface area contributed by atoms with Gasteiger partial charge in [0.05, 0.1) is 10.5 Å². The van der Waals surface area contributed by atoms with Gasteiger partial charge in [0, 0.05) is 43.0 Å². The van der Waals surface area contributed by atoms with Crippen LogP contribution in [-0.2, 0) is 27.8 Å². The van der Waals surface area contributed by atoms with E-state index in [1.165, 1.54) is 42.5 Å². The number of thiophene rings is 1. The topological polar surface area (TPSA) is 128 Å². The molecule has 1 saturated heterocycles. The van der Waals surface area contributed by atoms with Crippen LogP contribution >= 0.6 is 11.3 Å². The molecule has 3 heterocycles. The van der Waals surface area contributed by atoms with E-state index in [0.29, 0.717) is 30.1 Å². The number of nitrogens with one attached hydrogen (secondary N) is 3. The maximum absolute atomic E-state index is 13.3. The van der Waals surface area contributed by atoms with Crippen LogP contribution in [0, 0.1) is 0 Å². The van der Waals surface area contributed by atoms with E-state index in [1.54, 1.807) is 4.31 Å². The van der Waals surface area contributed by atoms with Crippen LogP contribution in [0.15, 0.2) is 29.2 Å². The molecule has 1 atom stereocenters. The Kier molecular flexibility index (Phi) is 9.42. The lowest BCUT2D eigenvalue weighted by molar-refractivity contribution is -0.119. The van der Waals surface area contributed by atoms with Gasteiger partial charge >= 0.3 is 0 Å². The van der Waals surface area contributed by atoms with E-state index < -0.39 is 27.7 Å². The zero-order valence-electron chi connectivity index (χ0n) is 22.7. The molecule has 1 aromatic heterocycles. The number of sulfonamides is 1. The summed E-state index contributed by atoms with van der Waals surface area (Å²) in [4.78, 5) is 41.1. The summed E-state index contributed by atoms with van der Waals surface area (Å²) < 4.78 is 28.2. The Morgan fingerprint density at radius 1 is 1.03 bits per heavy atom. The average molecular weight is 576 g/mol. The number of carbonyl (C=O) groups is 3. The van der Waals surface area contributed by atoms with Crippen molar-refractivity contribution in [3.63, 3.8) is 0 Å². The summed E-state index contributed by atoms with van der Waals surface area (Å²) in [6, 6.07) is 5.93. The third-order valence-electron chi connectivity index (χ3n) is 7.25. The van der Waals surface area contributed by atoms with Crippen LogP contribution in [0.5, 0.6) is 0 Å². The molecule has 3 N–H and O–H groups in total. The zero-order valence-corrected chi connectivity index (χ0v) is 24.3. The van der Waals surface area contributed by atoms with Crippen molar-refractivity contribution in [2.75, 3.05) is 25.0 Å². The molecule has 3 amide bonds. The van der Waals surface area contributed by atoms with Gasteiger partial charge in [0.25, 0.3) is 11.8 Å². The maximum atomic E-state index is 13.3. The lowest BCUT2D eigenvalue weighted by Crippen LogP contribution is -2.43. The highest BCUT2D eigenvalue weighted by molar-refractivity contribution is 7.89. The summed E-state index contributed by atoms with van der Waals surface area (Å²) in [5.74, 6) is -1.34. The highest BCUT2D eigenvalue weighted by Gasteiger charge is 2.33. The molecule has 212 valence electrons. The monoisotopic (exact) mass is 575 g/mol. The highest BCUT2D eigenvalue weighted by Crippen LogP contribution is 2.37. The van der Waals surface area contributed by atoms with Crippen molar-refractivity contribution in [3.05, 3.63) is 45.8 Å². The van der Waals surface area contributed by atoms with Gasteiger partial charge in [-0.15, -0.1) is 11.3 Å². The first-order chi connectivity index (χ1) is 18.6. The molecule has 2 aliphatic rings. The van der Waals surface area contributed by atoms with Gasteiger partial charge in [0.15, 0.2) is 0 Å². The second-order valence-electron chi connectivity index (χ2n) is 10.0. The fourth-order valence-corrected chi connectivity index (χ4v) is 8.34. The van der Waals surface area contributed by atoms with Gasteiger partial charge in [-0.3, -0.25) is 30.1 Å². The van der Waals surface area contributed by atoms with E-state index >= 15 is 0 Å². The van der Waals surface area contributed by atoms with E-state index in [0.717, 1.165) is 55.6 Å². The lowest BCUT2D eigenvalue weighted by atomic mass is 10.0. The van der Waals surface area contributed by atoms with Crippen LogP contribution in [0.4, 0.5) is 5.00 Å². The number of carbonyl (C=O) groups excluding carboxylic acids is 3. The van der Waals surface area contributed by atoms with E-state index in [4.69, 9.17) is 0 Å². The summed E-state index contributed by atoms with van der Waals surface area (Å²) in [5, 5.41) is 3.27. The summed E-state index contributed by atoms with van der Waals surface area (Å²) in [6.45, 7) is 8.35. The molecule has 0 spiro atoms. The van der Waals surface area contributed by atoms with Crippen molar-refractivity contribution in [1.29, 1.82) is 0 Å². The number of hydrogen-bond acceptors (Lipinski definition) is 7. The molecule has 1 unspecified atom stereocenters. The van der Waals surface area contributed by atoms with Crippen molar-refractivity contribution < 1.29 is 22.8 Å². The summed E-state index contributed by atoms with van der Waals surface area (Å²) in [7, 11) is -3.66. The number of benzene rings is 1. The predicted octanol–water partition coefficient (Wildman–Crippen LogP) is 3.50. The number of fused-ring (bicyclic) bond motifs is 1. The Morgan fingerprint density at radius 2 is 1.77 bits per heavy atom. The molecule has 39 heavy (non-hydrogen) atoms. The number of piperidine rings is 1. The molecular weight excluding hydrogens is 538 g/mol. The van der Waals surface area contributed by atoms with E-state index in [2.05, 4.69) is 28.0 Å². The molecule has 2 aliphatic heterocycles. The van der Waals surface area contributed by atoms with E-state index in [1.807, 2.05) is 6.92 Å². The van der Waals surface area contributed by atoms with Crippen LogP contribution < -0.4 is 16.2 Å². The fourth-order valence-electron chi connectivity index (χ4n) is 5.29. The summed E-state index contributed by atoms with van der Waals surface area (Å²) in [5.41, 5.74) is 6.25. The minimum atomic E-state index is -3.66. The quantitative estimate of drug-likeness (QED) is 0.414. The molecular formula is C27H37N5O5S2. The Hall–Kier alpha value is -2.80. The van der Waals surface area contributed by atoms with Gasteiger partial charge in [0.2, 0.25) is 15.9 Å². The number of amides is 3. The SMILES string of the molecule is CCCN1CCc2c(sc(NC(=O)c3ccc(S(=O)(=O)N4CCCCC4CC)cc3)c2C(=O)NNC(C)=O)C1. The van der Waals surface area contributed by atoms with Crippen molar-refractivity contribution in [2.24, 2.45) is 0 Å². The predicted molar refractivity (Wildman–Crippen MR) is 151 cm³/mol. The van der Waals surface area contributed by atoms with Crippen molar-refractivity contribution >= 4 is 44.1 Å².